The van der Waals surface area contributed by atoms with E-state index in [4.69, 9.17) is 4.74 Å². The van der Waals surface area contributed by atoms with Crippen molar-refractivity contribution in [2.24, 2.45) is 7.05 Å². The number of rotatable bonds is 5. The van der Waals surface area contributed by atoms with E-state index in [0.29, 0.717) is 12.4 Å². The zero-order valence-corrected chi connectivity index (χ0v) is 11.2. The summed E-state index contributed by atoms with van der Waals surface area (Å²) in [5, 5.41) is 8.59. The molecule has 0 saturated carbocycles. The molecule has 0 fully saturated rings. The Morgan fingerprint density at radius 3 is 2.89 bits per heavy atom. The zero-order chi connectivity index (χ0) is 13.0. The van der Waals surface area contributed by atoms with Gasteiger partial charge in [0, 0.05) is 27.3 Å². The van der Waals surface area contributed by atoms with E-state index in [1.54, 1.807) is 11.8 Å². The molecule has 0 aliphatic heterocycles. The van der Waals surface area contributed by atoms with Gasteiger partial charge in [-0.2, -0.15) is 5.10 Å². The van der Waals surface area contributed by atoms with Crippen LogP contribution in [0.25, 0.3) is 0 Å². The Hall–Kier alpha value is -1.67. The molecule has 0 aliphatic rings. The molecule has 0 spiro atoms. The van der Waals surface area contributed by atoms with Crippen LogP contribution in [0.3, 0.4) is 0 Å². The van der Waals surface area contributed by atoms with Gasteiger partial charge in [-0.25, -0.2) is 19.6 Å². The molecule has 2 rings (SSSR count). The van der Waals surface area contributed by atoms with Crippen LogP contribution in [-0.4, -0.2) is 38.9 Å². The number of anilines is 1. The SMILES string of the molecule is CNc1cc(Sc2ncnn2C)nc(COC)n1. The third-order valence-electron chi connectivity index (χ3n) is 2.14. The first-order valence-electron chi connectivity index (χ1n) is 5.29. The topological polar surface area (TPSA) is 77.8 Å². The quantitative estimate of drug-likeness (QED) is 0.807. The summed E-state index contributed by atoms with van der Waals surface area (Å²) in [6.07, 6.45) is 1.51. The van der Waals surface area contributed by atoms with Crippen LogP contribution in [0, 0.1) is 0 Å². The first-order chi connectivity index (χ1) is 8.72. The van der Waals surface area contributed by atoms with Gasteiger partial charge >= 0.3 is 0 Å². The average molecular weight is 266 g/mol. The largest absolute Gasteiger partial charge is 0.377 e. The van der Waals surface area contributed by atoms with Gasteiger partial charge in [0.2, 0.25) is 0 Å². The number of aryl methyl sites for hydroxylation is 1. The molecule has 0 amide bonds. The van der Waals surface area contributed by atoms with E-state index in [-0.39, 0.29) is 0 Å². The summed E-state index contributed by atoms with van der Waals surface area (Å²) in [5.41, 5.74) is 0. The van der Waals surface area contributed by atoms with Crippen LogP contribution in [0.15, 0.2) is 22.6 Å². The Morgan fingerprint density at radius 2 is 2.28 bits per heavy atom. The summed E-state index contributed by atoms with van der Waals surface area (Å²) in [6, 6.07) is 1.86. The second kappa shape index (κ2) is 5.78. The molecule has 2 heterocycles. The Morgan fingerprint density at radius 1 is 1.44 bits per heavy atom. The number of ether oxygens (including phenoxy) is 1. The summed E-state index contributed by atoms with van der Waals surface area (Å²) in [4.78, 5) is 12.8. The molecule has 0 atom stereocenters. The minimum atomic E-state index is 0.377. The number of nitrogens with one attached hydrogen (secondary N) is 1. The predicted octanol–water partition coefficient (Wildman–Crippen LogP) is 0.944. The third kappa shape index (κ3) is 2.96. The molecule has 0 aromatic carbocycles. The van der Waals surface area contributed by atoms with Crippen molar-refractivity contribution in [3.63, 3.8) is 0 Å². The first kappa shape index (κ1) is 12.8. The lowest BCUT2D eigenvalue weighted by atomic mass is 10.5. The number of hydrogen-bond acceptors (Lipinski definition) is 7. The van der Waals surface area contributed by atoms with E-state index in [2.05, 4.69) is 25.4 Å². The molecule has 0 bridgehead atoms. The van der Waals surface area contributed by atoms with E-state index >= 15 is 0 Å². The summed E-state index contributed by atoms with van der Waals surface area (Å²) in [6.45, 7) is 0.377. The average Bonchev–Trinajstić information content (AvgIpc) is 2.75. The van der Waals surface area contributed by atoms with E-state index in [1.165, 1.54) is 18.1 Å². The normalized spacial score (nSPS) is 10.6. The van der Waals surface area contributed by atoms with Crippen LogP contribution in [-0.2, 0) is 18.4 Å². The second-order valence-electron chi connectivity index (χ2n) is 3.46. The maximum atomic E-state index is 5.05. The van der Waals surface area contributed by atoms with Crippen LogP contribution in [0.4, 0.5) is 5.82 Å². The Bertz CT molecular complexity index is 529. The van der Waals surface area contributed by atoms with Crippen molar-refractivity contribution in [2.75, 3.05) is 19.5 Å². The van der Waals surface area contributed by atoms with Gasteiger partial charge in [-0.05, 0) is 11.8 Å². The molecule has 1 N–H and O–H groups in total. The van der Waals surface area contributed by atoms with Gasteiger partial charge < -0.3 is 10.1 Å². The summed E-state index contributed by atoms with van der Waals surface area (Å²) >= 11 is 1.43. The molecule has 18 heavy (non-hydrogen) atoms. The van der Waals surface area contributed by atoms with Crippen molar-refractivity contribution < 1.29 is 4.74 Å². The second-order valence-corrected chi connectivity index (χ2v) is 4.45. The highest BCUT2D eigenvalue weighted by atomic mass is 32.2. The number of hydrogen-bond donors (Lipinski definition) is 1. The smallest absolute Gasteiger partial charge is 0.192 e. The van der Waals surface area contributed by atoms with Crippen molar-refractivity contribution in [2.45, 2.75) is 16.8 Å². The van der Waals surface area contributed by atoms with Crippen LogP contribution in [0.5, 0.6) is 0 Å². The number of nitrogens with zero attached hydrogens (tertiary/aromatic N) is 5. The molecule has 0 saturated heterocycles. The Balaban J connectivity index is 2.26. The Kier molecular flexibility index (Phi) is 4.11. The monoisotopic (exact) mass is 266 g/mol. The molecular formula is C10H14N6OS. The van der Waals surface area contributed by atoms with Gasteiger partial charge in [-0.15, -0.1) is 0 Å². The van der Waals surface area contributed by atoms with Gasteiger partial charge in [0.25, 0.3) is 0 Å². The molecule has 8 heteroatoms. The van der Waals surface area contributed by atoms with Crippen molar-refractivity contribution in [1.82, 2.24) is 24.7 Å². The molecule has 96 valence electrons. The highest BCUT2D eigenvalue weighted by Gasteiger charge is 2.08. The van der Waals surface area contributed by atoms with Crippen LogP contribution >= 0.6 is 11.8 Å². The van der Waals surface area contributed by atoms with Gasteiger partial charge in [-0.3, -0.25) is 0 Å². The highest BCUT2D eigenvalue weighted by molar-refractivity contribution is 7.99. The van der Waals surface area contributed by atoms with E-state index in [1.807, 2.05) is 20.2 Å². The highest BCUT2D eigenvalue weighted by Crippen LogP contribution is 2.25. The minimum Gasteiger partial charge on any atom is -0.377 e. The zero-order valence-electron chi connectivity index (χ0n) is 10.4. The Labute approximate surface area is 109 Å². The van der Waals surface area contributed by atoms with E-state index in [9.17, 15) is 0 Å². The van der Waals surface area contributed by atoms with Crippen LogP contribution in [0.2, 0.25) is 0 Å². The lowest BCUT2D eigenvalue weighted by Crippen LogP contribution is -2.03. The molecule has 0 radical (unpaired) electrons. The standard InChI is InChI=1S/C10H14N6OS/c1-11-7-4-9(15-8(14-7)5-17-3)18-10-12-6-13-16(10)2/h4,6H,5H2,1-3H3,(H,11,14,15). The third-order valence-corrected chi connectivity index (χ3v) is 3.11. The lowest BCUT2D eigenvalue weighted by Gasteiger charge is -2.06. The fraction of sp³-hybridized carbons (Fsp3) is 0.400. The fourth-order valence-corrected chi connectivity index (χ4v) is 2.11. The molecule has 7 nitrogen and oxygen atoms in total. The number of aromatic nitrogens is 5. The van der Waals surface area contributed by atoms with Crippen molar-refractivity contribution >= 4 is 17.6 Å². The fourth-order valence-electron chi connectivity index (χ4n) is 1.32. The maximum Gasteiger partial charge on any atom is 0.192 e. The van der Waals surface area contributed by atoms with Gasteiger partial charge in [0.05, 0.1) is 0 Å². The molecule has 0 unspecified atom stereocenters. The van der Waals surface area contributed by atoms with Gasteiger partial charge in [0.1, 0.15) is 23.8 Å². The van der Waals surface area contributed by atoms with E-state index < -0.39 is 0 Å². The predicted molar refractivity (Wildman–Crippen MR) is 67.4 cm³/mol. The van der Waals surface area contributed by atoms with Crippen LogP contribution in [0.1, 0.15) is 5.82 Å². The van der Waals surface area contributed by atoms with Gasteiger partial charge in [0.15, 0.2) is 11.0 Å². The molecule has 2 aromatic heterocycles. The van der Waals surface area contributed by atoms with Crippen molar-refractivity contribution in [1.29, 1.82) is 0 Å². The maximum absolute atomic E-state index is 5.05. The molecule has 0 aliphatic carbocycles. The van der Waals surface area contributed by atoms with Crippen molar-refractivity contribution in [3.8, 4) is 0 Å². The van der Waals surface area contributed by atoms with Crippen molar-refractivity contribution in [3.05, 3.63) is 18.2 Å². The molecule has 2 aromatic rings. The summed E-state index contributed by atoms with van der Waals surface area (Å²) < 4.78 is 6.74. The minimum absolute atomic E-state index is 0.377. The number of methoxy groups -OCH3 is 1. The van der Waals surface area contributed by atoms with E-state index in [0.717, 1.165) is 16.0 Å². The van der Waals surface area contributed by atoms with Crippen LogP contribution < -0.4 is 5.32 Å². The lowest BCUT2D eigenvalue weighted by molar-refractivity contribution is 0.177. The summed E-state index contributed by atoms with van der Waals surface area (Å²) in [7, 11) is 5.27. The molecular weight excluding hydrogens is 252 g/mol. The summed E-state index contributed by atoms with van der Waals surface area (Å²) in [5.74, 6) is 1.38. The van der Waals surface area contributed by atoms with Gasteiger partial charge in [-0.1, -0.05) is 0 Å². The first-order valence-corrected chi connectivity index (χ1v) is 6.11.